The maximum absolute atomic E-state index is 12.1. The molecule has 0 radical (unpaired) electrons. The highest BCUT2D eigenvalue weighted by Gasteiger charge is 2.25. The summed E-state index contributed by atoms with van der Waals surface area (Å²) >= 11 is 0. The highest BCUT2D eigenvalue weighted by molar-refractivity contribution is 5.76. The van der Waals surface area contributed by atoms with Crippen LogP contribution in [0.3, 0.4) is 0 Å². The topological polar surface area (TPSA) is 69.6 Å². The fourth-order valence-electron chi connectivity index (χ4n) is 1.92. The van der Waals surface area contributed by atoms with Crippen LogP contribution in [0.25, 0.3) is 0 Å². The number of benzene rings is 1. The second kappa shape index (κ2) is 6.41. The smallest absolute Gasteiger partial charge is 0.317 e. The van der Waals surface area contributed by atoms with Gasteiger partial charge in [-0.25, -0.2) is 4.79 Å². The number of carbonyl (C=O) groups is 2. The first-order valence-electron chi connectivity index (χ1n) is 6.51. The zero-order valence-electron chi connectivity index (χ0n) is 12.4. The van der Waals surface area contributed by atoms with E-state index >= 15 is 0 Å². The third-order valence-corrected chi connectivity index (χ3v) is 3.05. The molecule has 5 heteroatoms. The van der Waals surface area contributed by atoms with Crippen molar-refractivity contribution in [3.63, 3.8) is 0 Å². The van der Waals surface area contributed by atoms with Crippen LogP contribution in [-0.4, -0.2) is 34.6 Å². The fraction of sp³-hybridized carbons (Fsp3) is 0.467. The lowest BCUT2D eigenvalue weighted by atomic mass is 10.0. The van der Waals surface area contributed by atoms with Gasteiger partial charge in [-0.2, -0.15) is 0 Å². The molecule has 0 heterocycles. The Labute approximate surface area is 119 Å². The van der Waals surface area contributed by atoms with Crippen molar-refractivity contribution >= 4 is 12.0 Å². The molecule has 1 rings (SSSR count). The largest absolute Gasteiger partial charge is 0.481 e. The van der Waals surface area contributed by atoms with Crippen LogP contribution in [0.4, 0.5) is 4.79 Å². The minimum Gasteiger partial charge on any atom is -0.481 e. The number of rotatable bonds is 5. The van der Waals surface area contributed by atoms with E-state index in [0.717, 1.165) is 11.1 Å². The Morgan fingerprint density at radius 1 is 1.30 bits per heavy atom. The molecule has 0 bridgehead atoms. The van der Waals surface area contributed by atoms with Gasteiger partial charge in [-0.1, -0.05) is 24.3 Å². The minimum absolute atomic E-state index is 0.114. The zero-order chi connectivity index (χ0) is 15.3. The number of carboxylic acids is 1. The first kappa shape index (κ1) is 16.0. The van der Waals surface area contributed by atoms with Crippen LogP contribution in [0.2, 0.25) is 0 Å². The Morgan fingerprint density at radius 3 is 2.45 bits per heavy atom. The zero-order valence-corrected chi connectivity index (χ0v) is 12.4. The van der Waals surface area contributed by atoms with Gasteiger partial charge in [0.2, 0.25) is 0 Å². The van der Waals surface area contributed by atoms with Crippen molar-refractivity contribution in [1.82, 2.24) is 10.2 Å². The van der Waals surface area contributed by atoms with E-state index in [1.807, 2.05) is 31.2 Å². The molecule has 2 amide bonds. The molecule has 0 aliphatic carbocycles. The number of hydrogen-bond donors (Lipinski definition) is 2. The van der Waals surface area contributed by atoms with E-state index in [2.05, 4.69) is 5.32 Å². The summed E-state index contributed by atoms with van der Waals surface area (Å²) in [6, 6.07) is 7.58. The van der Waals surface area contributed by atoms with Crippen molar-refractivity contribution in [2.24, 2.45) is 0 Å². The number of nitrogens with one attached hydrogen (secondary N) is 1. The maximum atomic E-state index is 12.1. The summed E-state index contributed by atoms with van der Waals surface area (Å²) in [7, 11) is 1.69. The SMILES string of the molecule is Cc1ccccc1CN(C)C(=O)NC(C)(C)CC(=O)O. The van der Waals surface area contributed by atoms with Crippen molar-refractivity contribution in [2.45, 2.75) is 39.3 Å². The van der Waals surface area contributed by atoms with Gasteiger partial charge in [0.1, 0.15) is 0 Å². The molecule has 2 N–H and O–H groups in total. The number of urea groups is 1. The van der Waals surface area contributed by atoms with Gasteiger partial charge in [-0.3, -0.25) is 4.79 Å². The predicted octanol–water partition coefficient (Wildman–Crippen LogP) is 2.39. The average molecular weight is 278 g/mol. The Bertz CT molecular complexity index is 498. The molecule has 5 nitrogen and oxygen atoms in total. The lowest BCUT2D eigenvalue weighted by molar-refractivity contribution is -0.138. The van der Waals surface area contributed by atoms with Crippen molar-refractivity contribution in [3.05, 3.63) is 35.4 Å². The Kier molecular flexibility index (Phi) is 5.13. The van der Waals surface area contributed by atoms with Gasteiger partial charge in [0.15, 0.2) is 0 Å². The number of amides is 2. The summed E-state index contributed by atoms with van der Waals surface area (Å²) in [5, 5.41) is 11.5. The van der Waals surface area contributed by atoms with Crippen LogP contribution in [0.5, 0.6) is 0 Å². The molecule has 0 aliphatic rings. The molecule has 0 spiro atoms. The van der Waals surface area contributed by atoms with Crippen LogP contribution >= 0.6 is 0 Å². The Morgan fingerprint density at radius 2 is 1.90 bits per heavy atom. The predicted molar refractivity (Wildman–Crippen MR) is 77.5 cm³/mol. The number of hydrogen-bond acceptors (Lipinski definition) is 2. The van der Waals surface area contributed by atoms with Crippen LogP contribution in [0.1, 0.15) is 31.4 Å². The second-order valence-electron chi connectivity index (χ2n) is 5.67. The molecule has 0 unspecified atom stereocenters. The highest BCUT2D eigenvalue weighted by atomic mass is 16.4. The number of aryl methyl sites for hydroxylation is 1. The summed E-state index contributed by atoms with van der Waals surface area (Å²) < 4.78 is 0. The molecule has 0 aliphatic heterocycles. The van der Waals surface area contributed by atoms with E-state index in [-0.39, 0.29) is 12.5 Å². The van der Waals surface area contributed by atoms with E-state index in [1.165, 1.54) is 0 Å². The van der Waals surface area contributed by atoms with Gasteiger partial charge < -0.3 is 15.3 Å². The van der Waals surface area contributed by atoms with Crippen LogP contribution in [0, 0.1) is 6.92 Å². The number of carboxylic acid groups (broad SMARTS) is 1. The van der Waals surface area contributed by atoms with Gasteiger partial charge >= 0.3 is 12.0 Å². The van der Waals surface area contributed by atoms with Crippen LogP contribution in [-0.2, 0) is 11.3 Å². The van der Waals surface area contributed by atoms with Crippen LogP contribution < -0.4 is 5.32 Å². The van der Waals surface area contributed by atoms with Crippen molar-refractivity contribution in [1.29, 1.82) is 0 Å². The summed E-state index contributed by atoms with van der Waals surface area (Å²) in [5.74, 6) is -0.933. The molecule has 20 heavy (non-hydrogen) atoms. The molecular weight excluding hydrogens is 256 g/mol. The molecule has 110 valence electrons. The molecule has 1 aromatic rings. The third kappa shape index (κ3) is 4.91. The fourth-order valence-corrected chi connectivity index (χ4v) is 1.92. The summed E-state index contributed by atoms with van der Waals surface area (Å²) in [6.07, 6.45) is -0.114. The lowest BCUT2D eigenvalue weighted by Crippen LogP contribution is -2.49. The standard InChI is InChI=1S/C15H22N2O3/c1-11-7-5-6-8-12(11)10-17(4)14(20)16-15(2,3)9-13(18)19/h5-8H,9-10H2,1-4H3,(H,16,20)(H,18,19). The van der Waals surface area contributed by atoms with E-state index in [4.69, 9.17) is 5.11 Å². The van der Waals surface area contributed by atoms with E-state index in [0.29, 0.717) is 6.54 Å². The average Bonchev–Trinajstić information content (AvgIpc) is 2.29. The van der Waals surface area contributed by atoms with Gasteiger partial charge in [-0.15, -0.1) is 0 Å². The number of nitrogens with zero attached hydrogens (tertiary/aromatic N) is 1. The third-order valence-electron chi connectivity index (χ3n) is 3.05. The van der Waals surface area contributed by atoms with E-state index in [9.17, 15) is 9.59 Å². The molecule has 0 atom stereocenters. The molecular formula is C15H22N2O3. The van der Waals surface area contributed by atoms with Gasteiger partial charge in [-0.05, 0) is 31.9 Å². The van der Waals surface area contributed by atoms with Crippen molar-refractivity contribution in [3.8, 4) is 0 Å². The summed E-state index contributed by atoms with van der Waals surface area (Å²) in [5.41, 5.74) is 1.42. The Hall–Kier alpha value is -2.04. The first-order chi connectivity index (χ1) is 9.21. The molecule has 0 saturated carbocycles. The normalized spacial score (nSPS) is 11.0. The van der Waals surface area contributed by atoms with Crippen molar-refractivity contribution in [2.75, 3.05) is 7.05 Å². The number of carbonyl (C=O) groups excluding carboxylic acids is 1. The quantitative estimate of drug-likeness (QED) is 0.869. The van der Waals surface area contributed by atoms with Crippen molar-refractivity contribution < 1.29 is 14.7 Å². The highest BCUT2D eigenvalue weighted by Crippen LogP contribution is 2.12. The lowest BCUT2D eigenvalue weighted by Gasteiger charge is -2.28. The minimum atomic E-state index is -0.933. The molecule has 1 aromatic carbocycles. The molecule has 0 aromatic heterocycles. The maximum Gasteiger partial charge on any atom is 0.317 e. The molecule has 0 fully saturated rings. The Balaban J connectivity index is 2.64. The first-order valence-corrected chi connectivity index (χ1v) is 6.51. The summed E-state index contributed by atoms with van der Waals surface area (Å²) in [6.45, 7) is 5.87. The second-order valence-corrected chi connectivity index (χ2v) is 5.67. The monoisotopic (exact) mass is 278 g/mol. The van der Waals surface area contributed by atoms with E-state index < -0.39 is 11.5 Å². The van der Waals surface area contributed by atoms with Crippen LogP contribution in [0.15, 0.2) is 24.3 Å². The van der Waals surface area contributed by atoms with Gasteiger partial charge in [0.25, 0.3) is 0 Å². The summed E-state index contributed by atoms with van der Waals surface area (Å²) in [4.78, 5) is 24.4. The number of aliphatic carboxylic acids is 1. The van der Waals surface area contributed by atoms with E-state index in [1.54, 1.807) is 25.8 Å². The molecule has 0 saturated heterocycles. The van der Waals surface area contributed by atoms with Gasteiger partial charge in [0, 0.05) is 19.1 Å². The van der Waals surface area contributed by atoms with Gasteiger partial charge in [0.05, 0.1) is 6.42 Å².